The lowest BCUT2D eigenvalue weighted by molar-refractivity contribution is -0.658. The van der Waals surface area contributed by atoms with E-state index < -0.39 is 0 Å². The lowest BCUT2D eigenvalue weighted by Gasteiger charge is -2.08. The van der Waals surface area contributed by atoms with Crippen molar-refractivity contribution in [2.45, 2.75) is 6.92 Å². The summed E-state index contributed by atoms with van der Waals surface area (Å²) in [5.41, 5.74) is 2.74. The molecule has 2 N–H and O–H groups in total. The molecule has 0 saturated heterocycles. The third-order valence-corrected chi connectivity index (χ3v) is 3.31. The van der Waals surface area contributed by atoms with Crippen LogP contribution in [0.4, 0.5) is 23.0 Å². The van der Waals surface area contributed by atoms with Crippen LogP contribution in [0.15, 0.2) is 65.1 Å². The lowest BCUT2D eigenvalue weighted by atomic mass is 10.2. The Morgan fingerprint density at radius 3 is 2.29 bits per heavy atom. The number of azo groups is 1. The Morgan fingerprint density at radius 2 is 1.71 bits per heavy atom. The minimum absolute atomic E-state index is 0.589. The number of H-pyrrole nitrogens is 1. The maximum absolute atomic E-state index is 5.43. The van der Waals surface area contributed by atoms with Crippen molar-refractivity contribution >= 4 is 23.0 Å². The number of aromatic amines is 1. The summed E-state index contributed by atoms with van der Waals surface area (Å²) in [5.74, 6) is 1.46. The number of nitrogens with zero attached hydrogens (tertiary/aromatic N) is 4. The molecule has 7 nitrogen and oxygen atoms in total. The number of hydrogen-bond acceptors (Lipinski definition) is 5. The normalized spacial score (nSPS) is 10.9. The van der Waals surface area contributed by atoms with Crippen LogP contribution >= 0.6 is 0 Å². The third kappa shape index (κ3) is 3.95. The van der Waals surface area contributed by atoms with Gasteiger partial charge in [0.05, 0.1) is 19.3 Å². The number of aryl methyl sites for hydroxylation is 1. The highest BCUT2D eigenvalue weighted by molar-refractivity contribution is 5.62. The van der Waals surface area contributed by atoms with E-state index in [-0.39, 0.29) is 0 Å². The van der Waals surface area contributed by atoms with Crippen LogP contribution in [0.5, 0.6) is 5.75 Å². The Hall–Kier alpha value is -3.22. The zero-order valence-electron chi connectivity index (χ0n) is 13.6. The fraction of sp³-hybridized carbons (Fsp3) is 0.176. The molecule has 0 aliphatic heterocycles. The van der Waals surface area contributed by atoms with E-state index in [1.165, 1.54) is 0 Å². The molecule has 0 atom stereocenters. The van der Waals surface area contributed by atoms with Gasteiger partial charge in [-0.05, 0) is 60.6 Å². The van der Waals surface area contributed by atoms with Crippen LogP contribution < -0.4 is 14.6 Å². The molecule has 0 aliphatic carbocycles. The molecule has 0 saturated carbocycles. The molecule has 1 heterocycles. The monoisotopic (exact) mass is 323 g/mol. The minimum atomic E-state index is 0.589. The van der Waals surface area contributed by atoms with Crippen molar-refractivity contribution in [2.75, 3.05) is 11.9 Å². The fourth-order valence-corrected chi connectivity index (χ4v) is 2.08. The molecule has 0 aliphatic rings. The predicted molar refractivity (Wildman–Crippen MR) is 91.3 cm³/mol. The highest BCUT2D eigenvalue weighted by atomic mass is 16.5. The second-order valence-electron chi connectivity index (χ2n) is 5.12. The fourth-order valence-electron chi connectivity index (χ4n) is 2.08. The van der Waals surface area contributed by atoms with E-state index in [0.717, 1.165) is 22.8 Å². The molecule has 0 bridgehead atoms. The Labute approximate surface area is 140 Å². The number of anilines is 2. The summed E-state index contributed by atoms with van der Waals surface area (Å²) in [6.45, 7) is 2.64. The summed E-state index contributed by atoms with van der Waals surface area (Å²) in [6, 6.07) is 15.6. The van der Waals surface area contributed by atoms with Crippen molar-refractivity contribution in [3.05, 3.63) is 54.9 Å². The van der Waals surface area contributed by atoms with Crippen molar-refractivity contribution in [1.29, 1.82) is 0 Å². The molecule has 3 aromatic rings. The molecule has 0 fully saturated rings. The molecular weight excluding hydrogens is 304 g/mol. The molecule has 24 heavy (non-hydrogen) atoms. The van der Waals surface area contributed by atoms with Gasteiger partial charge in [-0.1, -0.05) is 5.11 Å². The van der Waals surface area contributed by atoms with Gasteiger partial charge in [-0.2, -0.15) is 0 Å². The Bertz CT molecular complexity index is 808. The molecule has 0 unspecified atom stereocenters. The van der Waals surface area contributed by atoms with E-state index in [0.29, 0.717) is 12.6 Å². The zero-order chi connectivity index (χ0) is 16.8. The lowest BCUT2D eigenvalue weighted by Crippen LogP contribution is -2.24. The molecule has 7 heteroatoms. The van der Waals surface area contributed by atoms with Crippen molar-refractivity contribution in [3.63, 3.8) is 0 Å². The second-order valence-corrected chi connectivity index (χ2v) is 5.12. The van der Waals surface area contributed by atoms with Crippen molar-refractivity contribution in [1.82, 2.24) is 10.2 Å². The highest BCUT2D eigenvalue weighted by Gasteiger charge is 2.05. The van der Waals surface area contributed by atoms with Gasteiger partial charge in [0, 0.05) is 16.5 Å². The van der Waals surface area contributed by atoms with E-state index in [4.69, 9.17) is 4.74 Å². The van der Waals surface area contributed by atoms with Gasteiger partial charge in [0.2, 0.25) is 6.33 Å². The first-order valence-electron chi connectivity index (χ1n) is 7.65. The number of nitrogens with one attached hydrogen (secondary N) is 2. The average Bonchev–Trinajstić information content (AvgIpc) is 3.01. The molecule has 1 aromatic heterocycles. The smallest absolute Gasteiger partial charge is 0.401 e. The molecule has 2 aromatic carbocycles. The summed E-state index contributed by atoms with van der Waals surface area (Å²) in [7, 11) is 1.85. The molecule has 3 rings (SSSR count). The number of aromatic nitrogens is 3. The van der Waals surface area contributed by atoms with Gasteiger partial charge in [-0.3, -0.25) is 0 Å². The molecule has 0 amide bonds. The summed E-state index contributed by atoms with van der Waals surface area (Å²) < 4.78 is 7.19. The van der Waals surface area contributed by atoms with E-state index in [9.17, 15) is 0 Å². The zero-order valence-corrected chi connectivity index (χ0v) is 13.6. The van der Waals surface area contributed by atoms with Crippen LogP contribution in [-0.4, -0.2) is 16.8 Å². The largest absolute Gasteiger partial charge is 0.494 e. The number of hydrogen-bond donors (Lipinski definition) is 2. The van der Waals surface area contributed by atoms with Crippen molar-refractivity contribution in [3.8, 4) is 5.75 Å². The van der Waals surface area contributed by atoms with E-state index in [2.05, 4.69) is 25.7 Å². The molecule has 0 radical (unpaired) electrons. The highest BCUT2D eigenvalue weighted by Crippen LogP contribution is 2.23. The number of ether oxygens (including phenoxy) is 1. The first-order valence-corrected chi connectivity index (χ1v) is 7.65. The van der Waals surface area contributed by atoms with Crippen LogP contribution in [0.1, 0.15) is 6.92 Å². The van der Waals surface area contributed by atoms with Crippen LogP contribution in [0.2, 0.25) is 0 Å². The van der Waals surface area contributed by atoms with Gasteiger partial charge >= 0.3 is 5.95 Å². The first-order chi connectivity index (χ1) is 11.7. The summed E-state index contributed by atoms with van der Waals surface area (Å²) in [5, 5.41) is 18.3. The van der Waals surface area contributed by atoms with Gasteiger partial charge in [0.25, 0.3) is 0 Å². The Kier molecular flexibility index (Phi) is 4.81. The van der Waals surface area contributed by atoms with Gasteiger partial charge in [0.15, 0.2) is 0 Å². The van der Waals surface area contributed by atoms with E-state index in [1.54, 1.807) is 10.9 Å². The standard InChI is InChI=1S/C17H18N6O/c1-3-24-16-10-8-14(9-11-16)19-13-4-6-15(7-5-13)20-22-17-21-18-12-23(17)2/h4-12H,3H2,1-2H3,(H,19,21,22)/p+1. The maximum atomic E-state index is 5.43. The third-order valence-electron chi connectivity index (χ3n) is 3.31. The first kappa shape index (κ1) is 15.7. The molecule has 0 spiro atoms. The van der Waals surface area contributed by atoms with Crippen molar-refractivity contribution < 1.29 is 9.30 Å². The minimum Gasteiger partial charge on any atom is -0.494 e. The number of rotatable bonds is 6. The summed E-state index contributed by atoms with van der Waals surface area (Å²) >= 11 is 0. The van der Waals surface area contributed by atoms with Gasteiger partial charge in [-0.15, -0.1) is 5.10 Å². The van der Waals surface area contributed by atoms with Crippen LogP contribution in [-0.2, 0) is 7.05 Å². The van der Waals surface area contributed by atoms with E-state index >= 15 is 0 Å². The summed E-state index contributed by atoms with van der Waals surface area (Å²) in [6.07, 6.45) is 1.64. The van der Waals surface area contributed by atoms with Crippen LogP contribution in [0.25, 0.3) is 0 Å². The van der Waals surface area contributed by atoms with Crippen molar-refractivity contribution in [2.24, 2.45) is 17.3 Å². The Balaban J connectivity index is 1.64. The van der Waals surface area contributed by atoms with Crippen LogP contribution in [0, 0.1) is 0 Å². The van der Waals surface area contributed by atoms with Gasteiger partial charge in [-0.25, -0.2) is 4.57 Å². The maximum Gasteiger partial charge on any atom is 0.401 e. The predicted octanol–water partition coefficient (Wildman–Crippen LogP) is 3.79. The average molecular weight is 323 g/mol. The second kappa shape index (κ2) is 7.36. The topological polar surface area (TPSA) is 78.5 Å². The Morgan fingerprint density at radius 1 is 1.04 bits per heavy atom. The molecular formula is C17H19N6O+. The van der Waals surface area contributed by atoms with E-state index in [1.807, 2.05) is 62.5 Å². The summed E-state index contributed by atoms with van der Waals surface area (Å²) in [4.78, 5) is 0. The SMILES string of the molecule is CCOc1ccc(Nc2ccc(N=Nc3[nH]nc[n+]3C)cc2)cc1. The van der Waals surface area contributed by atoms with Gasteiger partial charge in [0.1, 0.15) is 5.75 Å². The number of benzene rings is 2. The van der Waals surface area contributed by atoms with Gasteiger partial charge < -0.3 is 10.1 Å². The molecule has 122 valence electrons. The quantitative estimate of drug-likeness (QED) is 0.535. The van der Waals surface area contributed by atoms with Crippen LogP contribution in [0.3, 0.4) is 0 Å².